The number of benzene rings is 1. The molecule has 138 valence electrons. The van der Waals surface area contributed by atoms with Gasteiger partial charge in [0, 0.05) is 32.8 Å². The number of guanidine groups is 1. The van der Waals surface area contributed by atoms with Crippen LogP contribution in [0.1, 0.15) is 37.8 Å². The number of ether oxygens (including phenoxy) is 1. The van der Waals surface area contributed by atoms with E-state index < -0.39 is 0 Å². The lowest BCUT2D eigenvalue weighted by atomic mass is 10.1. The van der Waals surface area contributed by atoms with Crippen molar-refractivity contribution in [1.82, 2.24) is 10.6 Å². The maximum atomic E-state index is 13.1. The van der Waals surface area contributed by atoms with Crippen molar-refractivity contribution in [3.8, 4) is 0 Å². The molecule has 6 heteroatoms. The van der Waals surface area contributed by atoms with Crippen LogP contribution in [0.25, 0.3) is 0 Å². The van der Waals surface area contributed by atoms with Gasteiger partial charge in [0.05, 0.1) is 0 Å². The van der Waals surface area contributed by atoms with Crippen molar-refractivity contribution in [2.24, 2.45) is 4.99 Å². The van der Waals surface area contributed by atoms with Crippen LogP contribution in [0, 0.1) is 12.7 Å². The Morgan fingerprint density at radius 1 is 1.21 bits per heavy atom. The smallest absolute Gasteiger partial charge is 0.191 e. The molecule has 0 spiro atoms. The quantitative estimate of drug-likeness (QED) is 0.247. The molecule has 24 heavy (non-hydrogen) atoms. The number of aliphatic imine (C=N–C) groups is 1. The SMILES string of the molecule is CCNC(=NCCCCOCC)NCCc1ccc(F)cc1C.I. The molecule has 0 aromatic heterocycles. The third-order valence-electron chi connectivity index (χ3n) is 3.51. The zero-order valence-corrected chi connectivity index (χ0v) is 17.4. The van der Waals surface area contributed by atoms with Gasteiger partial charge in [0.1, 0.15) is 5.82 Å². The zero-order chi connectivity index (χ0) is 16.9. The number of hydrogen-bond donors (Lipinski definition) is 2. The standard InChI is InChI=1S/C18H30FN3O.HI/c1-4-20-18(21-11-6-7-13-23-5-2)22-12-10-16-8-9-17(19)14-15(16)3;/h8-9,14H,4-7,10-13H2,1-3H3,(H2,20,21,22);1H. The second-order valence-electron chi connectivity index (χ2n) is 5.41. The van der Waals surface area contributed by atoms with Gasteiger partial charge in [-0.3, -0.25) is 4.99 Å². The minimum Gasteiger partial charge on any atom is -0.382 e. The van der Waals surface area contributed by atoms with Crippen molar-refractivity contribution in [1.29, 1.82) is 0 Å². The molecule has 0 aliphatic carbocycles. The molecule has 0 atom stereocenters. The van der Waals surface area contributed by atoms with Gasteiger partial charge in [-0.05, 0) is 63.3 Å². The van der Waals surface area contributed by atoms with Gasteiger partial charge in [0.25, 0.3) is 0 Å². The van der Waals surface area contributed by atoms with Crippen molar-refractivity contribution in [2.75, 3.05) is 32.8 Å². The van der Waals surface area contributed by atoms with E-state index in [-0.39, 0.29) is 29.8 Å². The molecule has 0 heterocycles. The Morgan fingerprint density at radius 3 is 2.67 bits per heavy atom. The fourth-order valence-corrected chi connectivity index (χ4v) is 2.25. The third kappa shape index (κ3) is 10.1. The Morgan fingerprint density at radius 2 is 2.00 bits per heavy atom. The van der Waals surface area contributed by atoms with Gasteiger partial charge in [-0.1, -0.05) is 6.07 Å². The van der Waals surface area contributed by atoms with Crippen molar-refractivity contribution >= 4 is 29.9 Å². The molecule has 0 saturated heterocycles. The monoisotopic (exact) mass is 451 g/mol. The number of halogens is 2. The first-order valence-corrected chi connectivity index (χ1v) is 8.52. The number of hydrogen-bond acceptors (Lipinski definition) is 2. The zero-order valence-electron chi connectivity index (χ0n) is 15.0. The fraction of sp³-hybridized carbons (Fsp3) is 0.611. The number of nitrogens with one attached hydrogen (secondary N) is 2. The Balaban J connectivity index is 0.00000529. The predicted molar refractivity (Wildman–Crippen MR) is 110 cm³/mol. The summed E-state index contributed by atoms with van der Waals surface area (Å²) in [4.78, 5) is 4.56. The summed E-state index contributed by atoms with van der Waals surface area (Å²) < 4.78 is 18.4. The first-order valence-electron chi connectivity index (χ1n) is 8.52. The maximum absolute atomic E-state index is 13.1. The molecule has 1 aromatic rings. The van der Waals surface area contributed by atoms with E-state index in [1.54, 1.807) is 6.07 Å². The van der Waals surface area contributed by atoms with E-state index in [1.165, 1.54) is 6.07 Å². The van der Waals surface area contributed by atoms with Crippen LogP contribution in [-0.4, -0.2) is 38.8 Å². The second kappa shape index (κ2) is 14.5. The molecule has 4 nitrogen and oxygen atoms in total. The third-order valence-corrected chi connectivity index (χ3v) is 3.51. The Labute approximate surface area is 162 Å². The van der Waals surface area contributed by atoms with Gasteiger partial charge in [0.15, 0.2) is 5.96 Å². The van der Waals surface area contributed by atoms with E-state index >= 15 is 0 Å². The van der Waals surface area contributed by atoms with Crippen LogP contribution in [0.5, 0.6) is 0 Å². The van der Waals surface area contributed by atoms with Crippen LogP contribution in [0.3, 0.4) is 0 Å². The summed E-state index contributed by atoms with van der Waals surface area (Å²) in [6.07, 6.45) is 2.90. The highest BCUT2D eigenvalue weighted by atomic mass is 127. The first-order chi connectivity index (χ1) is 11.2. The molecule has 0 aliphatic rings. The highest BCUT2D eigenvalue weighted by molar-refractivity contribution is 14.0. The number of unbranched alkanes of at least 4 members (excludes halogenated alkanes) is 1. The largest absolute Gasteiger partial charge is 0.382 e. The fourth-order valence-electron chi connectivity index (χ4n) is 2.25. The second-order valence-corrected chi connectivity index (χ2v) is 5.41. The van der Waals surface area contributed by atoms with Crippen molar-refractivity contribution < 1.29 is 9.13 Å². The molecule has 0 bridgehead atoms. The van der Waals surface area contributed by atoms with Crippen molar-refractivity contribution in [3.63, 3.8) is 0 Å². The molecule has 0 amide bonds. The van der Waals surface area contributed by atoms with E-state index in [4.69, 9.17) is 4.74 Å². The highest BCUT2D eigenvalue weighted by Crippen LogP contribution is 2.10. The summed E-state index contributed by atoms with van der Waals surface area (Å²) in [6, 6.07) is 4.94. The average Bonchev–Trinajstić information content (AvgIpc) is 2.52. The minimum absolute atomic E-state index is 0. The van der Waals surface area contributed by atoms with E-state index in [9.17, 15) is 4.39 Å². The molecule has 0 unspecified atom stereocenters. The lowest BCUT2D eigenvalue weighted by molar-refractivity contribution is 0.144. The Hall–Kier alpha value is -0.890. The first kappa shape index (κ1) is 23.1. The van der Waals surface area contributed by atoms with Gasteiger partial charge < -0.3 is 15.4 Å². The maximum Gasteiger partial charge on any atom is 0.191 e. The number of aryl methyl sites for hydroxylation is 1. The van der Waals surface area contributed by atoms with E-state index in [1.807, 2.05) is 19.9 Å². The summed E-state index contributed by atoms with van der Waals surface area (Å²) >= 11 is 0. The van der Waals surface area contributed by atoms with Gasteiger partial charge in [-0.15, -0.1) is 24.0 Å². The summed E-state index contributed by atoms with van der Waals surface area (Å²) in [5.41, 5.74) is 2.15. The van der Waals surface area contributed by atoms with E-state index in [0.717, 1.165) is 69.2 Å². The van der Waals surface area contributed by atoms with Crippen molar-refractivity contribution in [2.45, 2.75) is 40.0 Å². The number of nitrogens with zero attached hydrogens (tertiary/aromatic N) is 1. The van der Waals surface area contributed by atoms with E-state index in [2.05, 4.69) is 22.5 Å². The van der Waals surface area contributed by atoms with Crippen LogP contribution >= 0.6 is 24.0 Å². The molecule has 1 aromatic carbocycles. The molecular formula is C18H31FIN3O. The lowest BCUT2D eigenvalue weighted by Crippen LogP contribution is -2.38. The van der Waals surface area contributed by atoms with Crippen LogP contribution < -0.4 is 10.6 Å². The predicted octanol–water partition coefficient (Wildman–Crippen LogP) is 3.67. The molecular weight excluding hydrogens is 420 g/mol. The molecule has 0 aliphatic heterocycles. The highest BCUT2D eigenvalue weighted by Gasteiger charge is 2.01. The van der Waals surface area contributed by atoms with Crippen LogP contribution in [0.2, 0.25) is 0 Å². The summed E-state index contributed by atoms with van der Waals surface area (Å²) in [5.74, 6) is 0.657. The van der Waals surface area contributed by atoms with Crippen LogP contribution in [-0.2, 0) is 11.2 Å². The normalized spacial score (nSPS) is 11.1. The van der Waals surface area contributed by atoms with Gasteiger partial charge in [-0.25, -0.2) is 4.39 Å². The number of rotatable bonds is 10. The van der Waals surface area contributed by atoms with Crippen LogP contribution in [0.15, 0.2) is 23.2 Å². The van der Waals surface area contributed by atoms with Gasteiger partial charge in [-0.2, -0.15) is 0 Å². The van der Waals surface area contributed by atoms with Crippen LogP contribution in [0.4, 0.5) is 4.39 Å². The lowest BCUT2D eigenvalue weighted by Gasteiger charge is -2.12. The van der Waals surface area contributed by atoms with Crippen molar-refractivity contribution in [3.05, 3.63) is 35.1 Å². The molecule has 0 fully saturated rings. The summed E-state index contributed by atoms with van der Waals surface area (Å²) in [7, 11) is 0. The van der Waals surface area contributed by atoms with E-state index in [0.29, 0.717) is 0 Å². The average molecular weight is 451 g/mol. The molecule has 0 radical (unpaired) electrons. The summed E-state index contributed by atoms with van der Waals surface area (Å²) in [5, 5.41) is 6.57. The van der Waals surface area contributed by atoms with Gasteiger partial charge in [0.2, 0.25) is 0 Å². The minimum atomic E-state index is -0.179. The topological polar surface area (TPSA) is 45.7 Å². The van der Waals surface area contributed by atoms with Gasteiger partial charge >= 0.3 is 0 Å². The molecule has 0 saturated carbocycles. The Kier molecular flexibility index (Phi) is 13.9. The Bertz CT molecular complexity index is 483. The molecule has 2 N–H and O–H groups in total. The molecule has 1 rings (SSSR count). The summed E-state index contributed by atoms with van der Waals surface area (Å²) in [6.45, 7) is 9.98.